The number of carbonyl (C=O) groups excluding carboxylic acids is 1. The predicted molar refractivity (Wildman–Crippen MR) is 118 cm³/mol. The van der Waals surface area contributed by atoms with Gasteiger partial charge in [0.1, 0.15) is 5.82 Å². The predicted octanol–water partition coefficient (Wildman–Crippen LogP) is 4.18. The molecule has 0 atom stereocenters. The van der Waals surface area contributed by atoms with Crippen LogP contribution in [0.25, 0.3) is 10.9 Å². The van der Waals surface area contributed by atoms with E-state index in [0.29, 0.717) is 22.3 Å². The van der Waals surface area contributed by atoms with E-state index in [1.54, 1.807) is 16.7 Å². The molecule has 3 aromatic rings. The molecule has 30 heavy (non-hydrogen) atoms. The summed E-state index contributed by atoms with van der Waals surface area (Å²) in [4.78, 5) is 30.8. The van der Waals surface area contributed by atoms with E-state index >= 15 is 0 Å². The van der Waals surface area contributed by atoms with Gasteiger partial charge in [0.2, 0.25) is 0 Å². The second-order valence-electron chi connectivity index (χ2n) is 7.77. The summed E-state index contributed by atoms with van der Waals surface area (Å²) in [6.07, 6.45) is 2.41. The zero-order chi connectivity index (χ0) is 21.1. The highest BCUT2D eigenvalue weighted by Crippen LogP contribution is 2.22. The van der Waals surface area contributed by atoms with E-state index in [-0.39, 0.29) is 23.1 Å². The van der Waals surface area contributed by atoms with Crippen molar-refractivity contribution >= 4 is 28.9 Å². The molecule has 1 fully saturated rings. The van der Waals surface area contributed by atoms with Crippen LogP contribution in [0.5, 0.6) is 0 Å². The zero-order valence-corrected chi connectivity index (χ0v) is 17.5. The van der Waals surface area contributed by atoms with Gasteiger partial charge >= 0.3 is 0 Å². The van der Waals surface area contributed by atoms with Crippen molar-refractivity contribution in [3.05, 3.63) is 75.0 Å². The molecule has 5 nitrogen and oxygen atoms in total. The number of nitrogens with one attached hydrogen (secondary N) is 1. The standard InChI is InChI=1S/C23H24FN3O2S/c24-18-8-6-16(7-9-18)21(28)17-10-14-26(15-11-17)12-3-13-27-22(29)19-4-1-2-5-20(19)25-23(27)30/h1-2,4-9,17H,3,10-15H2,(H,25,30). The second kappa shape index (κ2) is 9.02. The number of rotatable bonds is 6. The Balaban J connectivity index is 1.31. The molecule has 0 amide bonds. The Kier molecular flexibility index (Phi) is 6.20. The molecule has 1 saturated heterocycles. The van der Waals surface area contributed by atoms with E-state index in [4.69, 9.17) is 12.2 Å². The topological polar surface area (TPSA) is 58.1 Å². The molecule has 0 spiro atoms. The van der Waals surface area contributed by atoms with Crippen molar-refractivity contribution in [2.75, 3.05) is 19.6 Å². The summed E-state index contributed by atoms with van der Waals surface area (Å²) in [5.41, 5.74) is 1.29. The number of carbonyl (C=O) groups is 1. The van der Waals surface area contributed by atoms with Crippen LogP contribution in [-0.4, -0.2) is 39.9 Å². The third kappa shape index (κ3) is 4.42. The molecule has 0 bridgehead atoms. The molecule has 156 valence electrons. The Morgan fingerprint density at radius 3 is 2.50 bits per heavy atom. The molecular weight excluding hydrogens is 401 g/mol. The number of fused-ring (bicyclic) bond motifs is 1. The molecule has 0 radical (unpaired) electrons. The first-order chi connectivity index (χ1) is 14.5. The minimum absolute atomic E-state index is 0.0105. The maximum Gasteiger partial charge on any atom is 0.262 e. The molecule has 0 unspecified atom stereocenters. The fraction of sp³-hybridized carbons (Fsp3) is 0.348. The number of aromatic nitrogens is 2. The van der Waals surface area contributed by atoms with E-state index in [0.717, 1.165) is 44.4 Å². The van der Waals surface area contributed by atoms with Crippen molar-refractivity contribution in [2.45, 2.75) is 25.8 Å². The number of aromatic amines is 1. The van der Waals surface area contributed by atoms with Crippen LogP contribution in [-0.2, 0) is 6.54 Å². The minimum atomic E-state index is -0.327. The molecule has 1 N–H and O–H groups in total. The lowest BCUT2D eigenvalue weighted by molar-refractivity contribution is 0.0838. The fourth-order valence-corrected chi connectivity index (χ4v) is 4.41. The highest BCUT2D eigenvalue weighted by molar-refractivity contribution is 7.71. The van der Waals surface area contributed by atoms with Crippen LogP contribution in [0, 0.1) is 16.5 Å². The number of hydrogen-bond acceptors (Lipinski definition) is 4. The lowest BCUT2D eigenvalue weighted by Crippen LogP contribution is -2.37. The number of hydrogen-bond donors (Lipinski definition) is 1. The van der Waals surface area contributed by atoms with Crippen molar-refractivity contribution in [3.63, 3.8) is 0 Å². The molecule has 4 rings (SSSR count). The van der Waals surface area contributed by atoms with Crippen LogP contribution < -0.4 is 5.56 Å². The third-order valence-corrected chi connectivity index (χ3v) is 6.15. The van der Waals surface area contributed by atoms with Crippen LogP contribution in [0.15, 0.2) is 53.3 Å². The van der Waals surface area contributed by atoms with Gasteiger partial charge in [-0.15, -0.1) is 0 Å². The molecule has 0 saturated carbocycles. The lowest BCUT2D eigenvalue weighted by atomic mass is 9.89. The molecule has 7 heteroatoms. The summed E-state index contributed by atoms with van der Waals surface area (Å²) < 4.78 is 15.1. The van der Waals surface area contributed by atoms with Gasteiger partial charge < -0.3 is 9.88 Å². The number of H-pyrrole nitrogens is 1. The van der Waals surface area contributed by atoms with E-state index in [9.17, 15) is 14.0 Å². The van der Waals surface area contributed by atoms with Crippen LogP contribution >= 0.6 is 12.2 Å². The largest absolute Gasteiger partial charge is 0.332 e. The third-order valence-electron chi connectivity index (χ3n) is 5.83. The number of nitrogens with zero attached hydrogens (tertiary/aromatic N) is 2. The number of ketones is 1. The summed E-state index contributed by atoms with van der Waals surface area (Å²) >= 11 is 5.37. The normalized spacial score (nSPS) is 15.5. The summed E-state index contributed by atoms with van der Waals surface area (Å²) in [6, 6.07) is 13.2. The quantitative estimate of drug-likeness (QED) is 0.475. The number of para-hydroxylation sites is 1. The van der Waals surface area contributed by atoms with Gasteiger partial charge in [-0.2, -0.15) is 0 Å². The van der Waals surface area contributed by atoms with Crippen LogP contribution in [0.2, 0.25) is 0 Å². The van der Waals surface area contributed by atoms with Crippen molar-refractivity contribution in [1.29, 1.82) is 0 Å². The van der Waals surface area contributed by atoms with Gasteiger partial charge in [0.05, 0.1) is 10.9 Å². The summed E-state index contributed by atoms with van der Waals surface area (Å²) in [6.45, 7) is 3.10. The SMILES string of the molecule is O=C(c1ccc(F)cc1)C1CCN(CCCn2c(=S)[nH]c3ccccc3c2=O)CC1. The average molecular weight is 426 g/mol. The molecule has 0 aliphatic carbocycles. The Morgan fingerprint density at radius 1 is 1.07 bits per heavy atom. The molecular formula is C23H24FN3O2S. The Hall–Kier alpha value is -2.64. The van der Waals surface area contributed by atoms with E-state index in [2.05, 4.69) is 9.88 Å². The maximum atomic E-state index is 13.1. The first-order valence-corrected chi connectivity index (χ1v) is 10.7. The van der Waals surface area contributed by atoms with E-state index in [1.807, 2.05) is 24.3 Å². The summed E-state index contributed by atoms with van der Waals surface area (Å²) in [5, 5.41) is 0.645. The number of piperidine rings is 1. The van der Waals surface area contributed by atoms with Crippen LogP contribution in [0.1, 0.15) is 29.6 Å². The second-order valence-corrected chi connectivity index (χ2v) is 8.16. The zero-order valence-electron chi connectivity index (χ0n) is 16.6. The number of Topliss-reactive ketones (excluding diaryl/α,β-unsaturated/α-hetero) is 1. The van der Waals surface area contributed by atoms with E-state index in [1.165, 1.54) is 12.1 Å². The van der Waals surface area contributed by atoms with Crippen molar-refractivity contribution in [1.82, 2.24) is 14.5 Å². The highest BCUT2D eigenvalue weighted by Gasteiger charge is 2.25. The lowest BCUT2D eigenvalue weighted by Gasteiger charge is -2.31. The number of halogens is 1. The van der Waals surface area contributed by atoms with Crippen molar-refractivity contribution in [2.24, 2.45) is 5.92 Å². The number of benzene rings is 2. The Bertz CT molecular complexity index is 1160. The summed E-state index contributed by atoms with van der Waals surface area (Å²) in [5.74, 6) is -0.237. The highest BCUT2D eigenvalue weighted by atomic mass is 32.1. The van der Waals surface area contributed by atoms with Gasteiger partial charge in [0, 0.05) is 18.0 Å². The van der Waals surface area contributed by atoms with Gasteiger partial charge in [-0.25, -0.2) is 4.39 Å². The Morgan fingerprint density at radius 2 is 1.77 bits per heavy atom. The number of likely N-dealkylation sites (tertiary alicyclic amines) is 1. The monoisotopic (exact) mass is 425 g/mol. The van der Waals surface area contributed by atoms with Crippen LogP contribution in [0.3, 0.4) is 0 Å². The van der Waals surface area contributed by atoms with E-state index < -0.39 is 0 Å². The van der Waals surface area contributed by atoms with Gasteiger partial charge in [0.25, 0.3) is 5.56 Å². The molecule has 1 aliphatic heterocycles. The molecule has 2 aromatic carbocycles. The fourth-order valence-electron chi connectivity index (χ4n) is 4.12. The van der Waals surface area contributed by atoms with Crippen molar-refractivity contribution < 1.29 is 9.18 Å². The maximum absolute atomic E-state index is 13.1. The van der Waals surface area contributed by atoms with Gasteiger partial charge in [-0.05, 0) is 87.5 Å². The van der Waals surface area contributed by atoms with Gasteiger partial charge in [-0.3, -0.25) is 14.2 Å². The minimum Gasteiger partial charge on any atom is -0.332 e. The Labute approximate surface area is 179 Å². The first kappa shape index (κ1) is 20.6. The summed E-state index contributed by atoms with van der Waals surface area (Å²) in [7, 11) is 0. The van der Waals surface area contributed by atoms with Gasteiger partial charge in [0.15, 0.2) is 10.6 Å². The van der Waals surface area contributed by atoms with Gasteiger partial charge in [-0.1, -0.05) is 12.1 Å². The smallest absolute Gasteiger partial charge is 0.262 e. The average Bonchev–Trinajstić information content (AvgIpc) is 2.76. The molecule has 2 heterocycles. The first-order valence-electron chi connectivity index (χ1n) is 10.3. The van der Waals surface area contributed by atoms with Crippen molar-refractivity contribution in [3.8, 4) is 0 Å². The van der Waals surface area contributed by atoms with Crippen LogP contribution in [0.4, 0.5) is 4.39 Å². The molecule has 1 aromatic heterocycles. The molecule has 1 aliphatic rings.